The Bertz CT molecular complexity index is 351. The van der Waals surface area contributed by atoms with Crippen molar-refractivity contribution in [3.8, 4) is 0 Å². The molecule has 0 spiro atoms. The summed E-state index contributed by atoms with van der Waals surface area (Å²) in [5.41, 5.74) is 0. The summed E-state index contributed by atoms with van der Waals surface area (Å²) in [6.07, 6.45) is 7.82. The first-order valence-electron chi connectivity index (χ1n) is 6.79. The van der Waals surface area contributed by atoms with Gasteiger partial charge in [0.25, 0.3) is 0 Å². The van der Waals surface area contributed by atoms with Gasteiger partial charge < -0.3 is 9.64 Å². The second-order valence-electron chi connectivity index (χ2n) is 5.16. The highest BCUT2D eigenvalue weighted by Gasteiger charge is 2.31. The zero-order valence-electron chi connectivity index (χ0n) is 10.9. The Labute approximate surface area is 108 Å². The van der Waals surface area contributed by atoms with E-state index in [0.29, 0.717) is 19.4 Å². The van der Waals surface area contributed by atoms with Crippen molar-refractivity contribution in [2.75, 3.05) is 13.2 Å². The molecule has 4 nitrogen and oxygen atoms in total. The summed E-state index contributed by atoms with van der Waals surface area (Å²) in [7, 11) is 0. The number of rotatable bonds is 0. The molecule has 0 unspecified atom stereocenters. The number of esters is 1. The van der Waals surface area contributed by atoms with Gasteiger partial charge >= 0.3 is 5.97 Å². The monoisotopic (exact) mass is 251 g/mol. The summed E-state index contributed by atoms with van der Waals surface area (Å²) in [6.45, 7) is 3.13. The van der Waals surface area contributed by atoms with Gasteiger partial charge in [-0.3, -0.25) is 9.59 Å². The first-order valence-corrected chi connectivity index (χ1v) is 6.79. The summed E-state index contributed by atoms with van der Waals surface area (Å²) in [4.78, 5) is 25.6. The van der Waals surface area contributed by atoms with Crippen molar-refractivity contribution >= 4 is 11.9 Å². The molecule has 0 radical (unpaired) electrons. The average Bonchev–Trinajstić information content (AvgIpc) is 2.81. The maximum atomic E-state index is 12.3. The van der Waals surface area contributed by atoms with Gasteiger partial charge in [0.05, 0.1) is 6.04 Å². The van der Waals surface area contributed by atoms with Gasteiger partial charge in [0.2, 0.25) is 5.91 Å². The molecule has 2 aliphatic rings. The quantitative estimate of drug-likeness (QED) is 0.488. The summed E-state index contributed by atoms with van der Waals surface area (Å²) in [5, 5.41) is 0. The van der Waals surface area contributed by atoms with Crippen LogP contribution in [0.15, 0.2) is 12.2 Å². The van der Waals surface area contributed by atoms with Crippen LogP contribution in [-0.4, -0.2) is 36.0 Å². The fraction of sp³-hybridized carbons (Fsp3) is 0.714. The molecule has 0 aromatic heterocycles. The molecule has 0 aromatic carbocycles. The molecule has 0 N–H and O–H groups in total. The molecule has 2 heterocycles. The number of carbonyl (C=O) groups excluding carboxylic acids is 2. The van der Waals surface area contributed by atoms with Crippen molar-refractivity contribution in [1.29, 1.82) is 0 Å². The summed E-state index contributed by atoms with van der Waals surface area (Å²) in [5.74, 6) is 0.0586. The number of hydrogen-bond donors (Lipinski definition) is 0. The molecular weight excluding hydrogens is 230 g/mol. The van der Waals surface area contributed by atoms with Crippen molar-refractivity contribution < 1.29 is 14.3 Å². The molecule has 1 fully saturated rings. The van der Waals surface area contributed by atoms with Gasteiger partial charge in [0, 0.05) is 18.9 Å². The molecule has 2 rings (SSSR count). The highest BCUT2D eigenvalue weighted by atomic mass is 16.5. The van der Waals surface area contributed by atoms with E-state index in [0.717, 1.165) is 25.8 Å². The summed E-state index contributed by atoms with van der Waals surface area (Å²) >= 11 is 0. The standard InChI is InChI=1S/C14H21NO3/c1-11-6-3-2-4-8-13(16)18-10-12-7-5-9-15(12)14(11)17/h2-3,11-12H,4-10H2,1H3/b3-2+/t11-,12+/m1/s1. The van der Waals surface area contributed by atoms with Crippen LogP contribution < -0.4 is 0 Å². The summed E-state index contributed by atoms with van der Waals surface area (Å²) < 4.78 is 5.25. The molecular formula is C14H21NO3. The number of amides is 1. The van der Waals surface area contributed by atoms with Gasteiger partial charge in [-0.05, 0) is 25.7 Å². The Kier molecular flexibility index (Phi) is 4.39. The Morgan fingerprint density at radius 1 is 1.33 bits per heavy atom. The lowest BCUT2D eigenvalue weighted by atomic mass is 10.0. The number of allylic oxidation sites excluding steroid dienone is 2. The van der Waals surface area contributed by atoms with Crippen LogP contribution in [-0.2, 0) is 14.3 Å². The fourth-order valence-electron chi connectivity index (χ4n) is 2.56. The molecule has 100 valence electrons. The predicted molar refractivity (Wildman–Crippen MR) is 67.8 cm³/mol. The smallest absolute Gasteiger partial charge is 0.306 e. The van der Waals surface area contributed by atoms with Crippen LogP contribution in [0.25, 0.3) is 0 Å². The van der Waals surface area contributed by atoms with E-state index >= 15 is 0 Å². The van der Waals surface area contributed by atoms with Crippen LogP contribution in [0.5, 0.6) is 0 Å². The van der Waals surface area contributed by atoms with Crippen molar-refractivity contribution in [3.05, 3.63) is 12.2 Å². The topological polar surface area (TPSA) is 46.6 Å². The molecule has 0 aliphatic carbocycles. The van der Waals surface area contributed by atoms with Gasteiger partial charge in [-0.2, -0.15) is 0 Å². The highest BCUT2D eigenvalue weighted by molar-refractivity contribution is 5.79. The number of cyclic esters (lactones) is 1. The van der Waals surface area contributed by atoms with Crippen molar-refractivity contribution in [1.82, 2.24) is 4.90 Å². The van der Waals surface area contributed by atoms with E-state index in [2.05, 4.69) is 0 Å². The predicted octanol–water partition coefficient (Wildman–Crippen LogP) is 1.90. The fourth-order valence-corrected chi connectivity index (χ4v) is 2.56. The van der Waals surface area contributed by atoms with E-state index in [4.69, 9.17) is 4.74 Å². The molecule has 0 saturated carbocycles. The van der Waals surface area contributed by atoms with Gasteiger partial charge in [0.15, 0.2) is 0 Å². The van der Waals surface area contributed by atoms with Gasteiger partial charge in [-0.1, -0.05) is 19.1 Å². The normalized spacial score (nSPS) is 32.2. The minimum atomic E-state index is -0.160. The van der Waals surface area contributed by atoms with Crippen molar-refractivity contribution in [3.63, 3.8) is 0 Å². The molecule has 2 atom stereocenters. The van der Waals surface area contributed by atoms with Crippen molar-refractivity contribution in [2.24, 2.45) is 5.92 Å². The Morgan fingerprint density at radius 2 is 2.17 bits per heavy atom. The van der Waals surface area contributed by atoms with Gasteiger partial charge in [-0.25, -0.2) is 0 Å². The third-order valence-corrected chi connectivity index (χ3v) is 3.69. The minimum absolute atomic E-state index is 0.0250. The lowest BCUT2D eigenvalue weighted by molar-refractivity contribution is -0.148. The number of hydrogen-bond acceptors (Lipinski definition) is 3. The number of nitrogens with zero attached hydrogens (tertiary/aromatic N) is 1. The van der Waals surface area contributed by atoms with Crippen LogP contribution in [0.2, 0.25) is 0 Å². The van der Waals surface area contributed by atoms with Crippen LogP contribution in [0, 0.1) is 5.92 Å². The lowest BCUT2D eigenvalue weighted by Gasteiger charge is -2.27. The van der Waals surface area contributed by atoms with Crippen LogP contribution >= 0.6 is 0 Å². The molecule has 1 saturated heterocycles. The van der Waals surface area contributed by atoms with Crippen LogP contribution in [0.1, 0.15) is 39.0 Å². The summed E-state index contributed by atoms with van der Waals surface area (Å²) in [6, 6.07) is 0.0901. The molecule has 2 aliphatic heterocycles. The lowest BCUT2D eigenvalue weighted by Crippen LogP contribution is -2.41. The number of carbonyl (C=O) groups is 2. The largest absolute Gasteiger partial charge is 0.463 e. The maximum Gasteiger partial charge on any atom is 0.306 e. The Morgan fingerprint density at radius 3 is 3.00 bits per heavy atom. The SMILES string of the molecule is C[C@@H]1C/C=C/CCC(=O)OC[C@@H]2CCCN2C1=O. The second kappa shape index (κ2) is 6.03. The first kappa shape index (κ1) is 13.1. The molecule has 18 heavy (non-hydrogen) atoms. The highest BCUT2D eigenvalue weighted by Crippen LogP contribution is 2.22. The zero-order valence-corrected chi connectivity index (χ0v) is 10.9. The molecule has 0 aromatic rings. The number of ether oxygens (including phenoxy) is 1. The third kappa shape index (κ3) is 3.12. The van der Waals surface area contributed by atoms with Crippen molar-refractivity contribution in [2.45, 2.75) is 45.1 Å². The van der Waals surface area contributed by atoms with Crippen LogP contribution in [0.4, 0.5) is 0 Å². The van der Waals surface area contributed by atoms with Gasteiger partial charge in [0.1, 0.15) is 6.61 Å². The van der Waals surface area contributed by atoms with E-state index in [-0.39, 0.29) is 23.8 Å². The first-order chi connectivity index (χ1) is 8.68. The Hall–Kier alpha value is -1.32. The van der Waals surface area contributed by atoms with E-state index in [1.54, 1.807) is 0 Å². The van der Waals surface area contributed by atoms with E-state index in [1.165, 1.54) is 0 Å². The van der Waals surface area contributed by atoms with Gasteiger partial charge in [-0.15, -0.1) is 0 Å². The second-order valence-corrected chi connectivity index (χ2v) is 5.16. The Balaban J connectivity index is 2.08. The molecule has 0 bridgehead atoms. The maximum absolute atomic E-state index is 12.3. The molecule has 1 amide bonds. The average molecular weight is 251 g/mol. The number of fused-ring (bicyclic) bond motifs is 1. The minimum Gasteiger partial charge on any atom is -0.463 e. The third-order valence-electron chi connectivity index (χ3n) is 3.69. The van der Waals surface area contributed by atoms with Crippen LogP contribution in [0.3, 0.4) is 0 Å². The van der Waals surface area contributed by atoms with E-state index in [1.807, 2.05) is 24.0 Å². The van der Waals surface area contributed by atoms with E-state index in [9.17, 15) is 9.59 Å². The molecule has 4 heteroatoms. The zero-order chi connectivity index (χ0) is 13.0. The van der Waals surface area contributed by atoms with E-state index < -0.39 is 0 Å².